The molecule has 2 aromatic carbocycles. The molecule has 138 valence electrons. The van der Waals surface area contributed by atoms with E-state index in [1.54, 1.807) is 12.1 Å². The van der Waals surface area contributed by atoms with E-state index in [4.69, 9.17) is 4.74 Å². The van der Waals surface area contributed by atoms with Crippen LogP contribution in [0.15, 0.2) is 65.6 Å². The van der Waals surface area contributed by atoms with Crippen LogP contribution in [0.25, 0.3) is 0 Å². The van der Waals surface area contributed by atoms with Gasteiger partial charge in [0.05, 0.1) is 17.9 Å². The first-order chi connectivity index (χ1) is 12.6. The molecule has 0 aromatic heterocycles. The minimum absolute atomic E-state index is 0.227. The van der Waals surface area contributed by atoms with Gasteiger partial charge < -0.3 is 10.1 Å². The fraction of sp³-hybridized carbons (Fsp3) is 0.300. The Labute approximate surface area is 156 Å². The highest BCUT2D eigenvalue weighted by Gasteiger charge is 2.22. The summed E-state index contributed by atoms with van der Waals surface area (Å²) >= 11 is 0. The Hall–Kier alpha value is -2.47. The zero-order valence-corrected chi connectivity index (χ0v) is 15.5. The molecule has 26 heavy (non-hydrogen) atoms. The number of carbonyl (C=O) groups excluding carboxylic acids is 2. The third kappa shape index (κ3) is 6.44. The van der Waals surface area contributed by atoms with Crippen LogP contribution < -0.4 is 5.32 Å². The molecular formula is C20H23NO4S. The number of carbonyl (C=O) groups is 2. The number of hydrogen-bond acceptors (Lipinski definition) is 4. The average Bonchev–Trinajstić information content (AvgIpc) is 2.70. The molecule has 0 saturated heterocycles. The number of nitrogens with one attached hydrogen (secondary N) is 1. The van der Waals surface area contributed by atoms with E-state index in [0.717, 1.165) is 5.56 Å². The molecule has 0 unspecified atom stereocenters. The van der Waals surface area contributed by atoms with Gasteiger partial charge in [0.2, 0.25) is 5.91 Å². The number of ether oxygens (including phenoxy) is 1. The molecule has 2 aromatic rings. The highest BCUT2D eigenvalue weighted by atomic mass is 32.2. The smallest absolute Gasteiger partial charge is 0.328 e. The fourth-order valence-electron chi connectivity index (χ4n) is 2.48. The predicted molar refractivity (Wildman–Crippen MR) is 101 cm³/mol. The van der Waals surface area contributed by atoms with Gasteiger partial charge in [0.1, 0.15) is 6.04 Å². The summed E-state index contributed by atoms with van der Waals surface area (Å²) in [5, 5.41) is 2.70. The monoisotopic (exact) mass is 373 g/mol. The average molecular weight is 373 g/mol. The lowest BCUT2D eigenvalue weighted by Crippen LogP contribution is -2.42. The van der Waals surface area contributed by atoms with Crippen molar-refractivity contribution in [3.8, 4) is 0 Å². The third-order valence-corrected chi connectivity index (χ3v) is 5.31. The Morgan fingerprint density at radius 2 is 1.65 bits per heavy atom. The zero-order chi connectivity index (χ0) is 18.8. The molecule has 0 fully saturated rings. The van der Waals surface area contributed by atoms with Gasteiger partial charge in [-0.1, -0.05) is 48.5 Å². The van der Waals surface area contributed by atoms with Gasteiger partial charge in [0.25, 0.3) is 0 Å². The van der Waals surface area contributed by atoms with E-state index in [1.165, 1.54) is 7.11 Å². The highest BCUT2D eigenvalue weighted by molar-refractivity contribution is 7.85. The minimum Gasteiger partial charge on any atom is -0.467 e. The maximum atomic E-state index is 12.3. The first-order valence-corrected chi connectivity index (χ1v) is 9.76. The molecule has 1 amide bonds. The lowest BCUT2D eigenvalue weighted by atomic mass is 10.1. The van der Waals surface area contributed by atoms with Gasteiger partial charge in [-0.15, -0.1) is 0 Å². The molecule has 5 nitrogen and oxygen atoms in total. The van der Waals surface area contributed by atoms with E-state index < -0.39 is 22.8 Å². The van der Waals surface area contributed by atoms with Gasteiger partial charge in [-0.05, 0) is 30.5 Å². The summed E-state index contributed by atoms with van der Waals surface area (Å²) in [6.45, 7) is 0. The lowest BCUT2D eigenvalue weighted by molar-refractivity contribution is -0.145. The van der Waals surface area contributed by atoms with Crippen molar-refractivity contribution >= 4 is 22.7 Å². The van der Waals surface area contributed by atoms with Crippen molar-refractivity contribution in [3.05, 3.63) is 66.2 Å². The molecule has 0 aliphatic carbocycles. The summed E-state index contributed by atoms with van der Waals surface area (Å²) in [4.78, 5) is 24.8. The maximum absolute atomic E-state index is 12.3. The Morgan fingerprint density at radius 3 is 2.27 bits per heavy atom. The largest absolute Gasteiger partial charge is 0.467 e. The second-order valence-corrected chi connectivity index (χ2v) is 7.35. The van der Waals surface area contributed by atoms with Crippen LogP contribution >= 0.6 is 0 Å². The van der Waals surface area contributed by atoms with Gasteiger partial charge in [-0.25, -0.2) is 4.79 Å². The van der Waals surface area contributed by atoms with Crippen LogP contribution in [0.1, 0.15) is 18.4 Å². The Kier molecular flexibility index (Phi) is 8.02. The summed E-state index contributed by atoms with van der Waals surface area (Å²) in [7, 11) is 0.0475. The summed E-state index contributed by atoms with van der Waals surface area (Å²) in [5.41, 5.74) is 1.06. The molecule has 6 heteroatoms. The van der Waals surface area contributed by atoms with Crippen molar-refractivity contribution in [1.82, 2.24) is 5.32 Å². The number of benzene rings is 2. The van der Waals surface area contributed by atoms with Crippen molar-refractivity contribution in [2.45, 2.75) is 30.2 Å². The van der Waals surface area contributed by atoms with Crippen molar-refractivity contribution in [1.29, 1.82) is 0 Å². The maximum Gasteiger partial charge on any atom is 0.328 e. The normalized spacial score (nSPS) is 12.8. The third-order valence-electron chi connectivity index (χ3n) is 3.90. The van der Waals surface area contributed by atoms with Crippen LogP contribution in [0.4, 0.5) is 0 Å². The van der Waals surface area contributed by atoms with Crippen molar-refractivity contribution in [2.75, 3.05) is 12.9 Å². The molecule has 0 saturated carbocycles. The summed E-state index contributed by atoms with van der Waals surface area (Å²) < 4.78 is 17.1. The van der Waals surface area contributed by atoms with E-state index in [9.17, 15) is 13.8 Å². The molecule has 2 rings (SSSR count). The van der Waals surface area contributed by atoms with E-state index in [0.29, 0.717) is 11.3 Å². The van der Waals surface area contributed by atoms with Gasteiger partial charge in [-0.2, -0.15) is 0 Å². The summed E-state index contributed by atoms with van der Waals surface area (Å²) in [6, 6.07) is 17.9. The van der Waals surface area contributed by atoms with E-state index in [-0.39, 0.29) is 24.5 Å². The number of amides is 1. The van der Waals surface area contributed by atoms with Gasteiger partial charge >= 0.3 is 5.97 Å². The Bertz CT molecular complexity index is 734. The van der Waals surface area contributed by atoms with Crippen molar-refractivity contribution in [3.63, 3.8) is 0 Å². The minimum atomic E-state index is -1.23. The molecule has 1 N–H and O–H groups in total. The molecule has 0 spiro atoms. The van der Waals surface area contributed by atoms with Crippen LogP contribution in [0.2, 0.25) is 0 Å². The molecule has 0 aliphatic heterocycles. The fourth-order valence-corrected chi connectivity index (χ4v) is 3.62. The van der Waals surface area contributed by atoms with E-state index in [2.05, 4.69) is 5.32 Å². The number of methoxy groups -OCH3 is 1. The second kappa shape index (κ2) is 10.5. The van der Waals surface area contributed by atoms with E-state index in [1.807, 2.05) is 48.5 Å². The second-order valence-electron chi connectivity index (χ2n) is 5.78. The highest BCUT2D eigenvalue weighted by Crippen LogP contribution is 2.09. The first-order valence-electron chi connectivity index (χ1n) is 8.44. The molecule has 0 bridgehead atoms. The Balaban J connectivity index is 1.87. The molecule has 0 heterocycles. The number of hydrogen-bond donors (Lipinski definition) is 1. The Morgan fingerprint density at radius 1 is 1.04 bits per heavy atom. The zero-order valence-electron chi connectivity index (χ0n) is 14.7. The van der Waals surface area contributed by atoms with Crippen LogP contribution in [0.5, 0.6) is 0 Å². The summed E-state index contributed by atoms with van der Waals surface area (Å²) in [5.74, 6) is -0.485. The van der Waals surface area contributed by atoms with Gasteiger partial charge in [0, 0.05) is 17.1 Å². The standard InChI is InChI=1S/C20H23NO4S/c1-25-20(23)18(14-15-26(24)17-10-6-3-7-11-17)21-19(22)13-12-16-8-4-2-5-9-16/h2-11,18H,12-15H2,1H3,(H,21,22)/t18-,26+/m0/s1. The van der Waals surface area contributed by atoms with Crippen LogP contribution in [0, 0.1) is 0 Å². The van der Waals surface area contributed by atoms with Crippen molar-refractivity contribution < 1.29 is 18.5 Å². The topological polar surface area (TPSA) is 72.5 Å². The molecule has 2 atom stereocenters. The predicted octanol–water partition coefficient (Wildman–Crippen LogP) is 2.47. The number of rotatable bonds is 9. The molecule has 0 radical (unpaired) electrons. The van der Waals surface area contributed by atoms with Crippen molar-refractivity contribution in [2.24, 2.45) is 0 Å². The van der Waals surface area contributed by atoms with Crippen LogP contribution in [-0.4, -0.2) is 35.0 Å². The summed E-state index contributed by atoms with van der Waals surface area (Å²) in [6.07, 6.45) is 1.13. The van der Waals surface area contributed by atoms with Gasteiger partial charge in [-0.3, -0.25) is 9.00 Å². The van der Waals surface area contributed by atoms with Gasteiger partial charge in [0.15, 0.2) is 0 Å². The number of esters is 1. The quantitative estimate of drug-likeness (QED) is 0.686. The SMILES string of the molecule is COC(=O)[C@H](CC[S@@](=O)c1ccccc1)NC(=O)CCc1ccccc1. The van der Waals surface area contributed by atoms with Crippen LogP contribution in [0.3, 0.4) is 0 Å². The lowest BCUT2D eigenvalue weighted by Gasteiger charge is -2.16. The molecular weight excluding hydrogens is 350 g/mol. The first kappa shape index (κ1) is 19.8. The van der Waals surface area contributed by atoms with Crippen LogP contribution in [-0.2, 0) is 31.5 Å². The molecule has 0 aliphatic rings. The van der Waals surface area contributed by atoms with E-state index >= 15 is 0 Å². The number of aryl methyl sites for hydroxylation is 1.